The van der Waals surface area contributed by atoms with Crippen LogP contribution in [0.2, 0.25) is 0 Å². The topological polar surface area (TPSA) is 91.8 Å². The first-order valence-electron chi connectivity index (χ1n) is 5.67. The fourth-order valence-electron chi connectivity index (χ4n) is 1.59. The lowest BCUT2D eigenvalue weighted by atomic mass is 10.1. The fraction of sp³-hybridized carbons (Fsp3) is 0.0714. The van der Waals surface area contributed by atoms with Crippen molar-refractivity contribution >= 4 is 11.6 Å². The Morgan fingerprint density at radius 1 is 1.32 bits per heavy atom. The summed E-state index contributed by atoms with van der Waals surface area (Å²) in [7, 11) is 0. The van der Waals surface area contributed by atoms with Crippen molar-refractivity contribution in [1.29, 1.82) is 5.26 Å². The molecule has 0 spiro atoms. The van der Waals surface area contributed by atoms with E-state index in [0.717, 1.165) is 5.56 Å². The van der Waals surface area contributed by atoms with Crippen molar-refractivity contribution in [1.82, 2.24) is 10.3 Å². The molecule has 5 heteroatoms. The Bertz CT molecular complexity index is 629. The highest BCUT2D eigenvalue weighted by atomic mass is 16.1. The first kappa shape index (κ1) is 12.6. The number of anilines is 1. The molecule has 0 saturated carbocycles. The van der Waals surface area contributed by atoms with Crippen molar-refractivity contribution in [2.75, 3.05) is 5.73 Å². The van der Waals surface area contributed by atoms with Gasteiger partial charge in [-0.05, 0) is 23.8 Å². The lowest BCUT2D eigenvalue weighted by Gasteiger charge is -2.07. The Hall–Kier alpha value is -2.87. The molecule has 0 saturated heterocycles. The van der Waals surface area contributed by atoms with Gasteiger partial charge in [0.15, 0.2) is 0 Å². The molecule has 1 aromatic carbocycles. The Labute approximate surface area is 110 Å². The van der Waals surface area contributed by atoms with Gasteiger partial charge in [0.05, 0.1) is 29.1 Å². The molecule has 19 heavy (non-hydrogen) atoms. The number of pyridine rings is 1. The zero-order valence-corrected chi connectivity index (χ0v) is 10.1. The van der Waals surface area contributed by atoms with Gasteiger partial charge in [0.2, 0.25) is 0 Å². The van der Waals surface area contributed by atoms with Crippen LogP contribution in [0.5, 0.6) is 0 Å². The zero-order chi connectivity index (χ0) is 13.7. The van der Waals surface area contributed by atoms with E-state index in [-0.39, 0.29) is 5.91 Å². The molecule has 1 amide bonds. The van der Waals surface area contributed by atoms with E-state index in [0.29, 0.717) is 23.4 Å². The smallest absolute Gasteiger partial charge is 0.253 e. The summed E-state index contributed by atoms with van der Waals surface area (Å²) in [6.07, 6.45) is 2.96. The van der Waals surface area contributed by atoms with Gasteiger partial charge in [0.1, 0.15) is 0 Å². The number of nitrogens with two attached hydrogens (primary N) is 1. The first-order valence-corrected chi connectivity index (χ1v) is 5.67. The minimum atomic E-state index is -0.246. The number of carbonyl (C=O) groups excluding carboxylic acids is 1. The molecule has 1 aromatic heterocycles. The number of rotatable bonds is 3. The Morgan fingerprint density at radius 2 is 2.05 bits per heavy atom. The van der Waals surface area contributed by atoms with E-state index < -0.39 is 0 Å². The van der Waals surface area contributed by atoms with Crippen LogP contribution >= 0.6 is 0 Å². The summed E-state index contributed by atoms with van der Waals surface area (Å²) >= 11 is 0. The fourth-order valence-corrected chi connectivity index (χ4v) is 1.59. The van der Waals surface area contributed by atoms with Gasteiger partial charge in [-0.1, -0.05) is 12.1 Å². The molecular formula is C14H12N4O. The Balaban J connectivity index is 2.01. The lowest BCUT2D eigenvalue weighted by Crippen LogP contribution is -2.23. The first-order chi connectivity index (χ1) is 9.20. The number of hydrogen-bond donors (Lipinski definition) is 2. The van der Waals surface area contributed by atoms with Crippen molar-refractivity contribution < 1.29 is 4.79 Å². The summed E-state index contributed by atoms with van der Waals surface area (Å²) in [4.78, 5) is 15.7. The molecule has 94 valence electrons. The summed E-state index contributed by atoms with van der Waals surface area (Å²) < 4.78 is 0. The molecule has 0 fully saturated rings. The zero-order valence-electron chi connectivity index (χ0n) is 10.1. The largest absolute Gasteiger partial charge is 0.397 e. The van der Waals surface area contributed by atoms with Crippen LogP contribution in [0.15, 0.2) is 42.7 Å². The van der Waals surface area contributed by atoms with E-state index in [2.05, 4.69) is 10.3 Å². The van der Waals surface area contributed by atoms with Crippen LogP contribution < -0.4 is 11.1 Å². The van der Waals surface area contributed by atoms with Crippen molar-refractivity contribution in [2.45, 2.75) is 6.54 Å². The highest BCUT2D eigenvalue weighted by molar-refractivity contribution is 5.98. The van der Waals surface area contributed by atoms with Crippen molar-refractivity contribution in [3.63, 3.8) is 0 Å². The van der Waals surface area contributed by atoms with Gasteiger partial charge in [-0.15, -0.1) is 0 Å². The SMILES string of the molecule is N#Cc1ccc(CNC(=O)c2ccncc2N)cc1. The third-order valence-corrected chi connectivity index (χ3v) is 2.63. The molecule has 1 heterocycles. The van der Waals surface area contributed by atoms with Gasteiger partial charge in [0.25, 0.3) is 5.91 Å². The van der Waals surface area contributed by atoms with Gasteiger partial charge >= 0.3 is 0 Å². The molecule has 0 atom stereocenters. The second-order valence-corrected chi connectivity index (χ2v) is 3.95. The van der Waals surface area contributed by atoms with E-state index in [1.54, 1.807) is 30.3 Å². The molecule has 0 aliphatic heterocycles. The van der Waals surface area contributed by atoms with Crippen LogP contribution in [0.1, 0.15) is 21.5 Å². The second kappa shape index (κ2) is 5.65. The number of nitrogens with zero attached hydrogens (tertiary/aromatic N) is 2. The van der Waals surface area contributed by atoms with Crippen molar-refractivity contribution in [3.8, 4) is 6.07 Å². The minimum Gasteiger partial charge on any atom is -0.397 e. The number of nitriles is 1. The van der Waals surface area contributed by atoms with Crippen LogP contribution in [-0.4, -0.2) is 10.9 Å². The number of nitrogens with one attached hydrogen (secondary N) is 1. The summed E-state index contributed by atoms with van der Waals surface area (Å²) in [6.45, 7) is 0.381. The number of hydrogen-bond acceptors (Lipinski definition) is 4. The summed E-state index contributed by atoms with van der Waals surface area (Å²) in [5.74, 6) is -0.246. The van der Waals surface area contributed by atoms with Crippen LogP contribution in [0.4, 0.5) is 5.69 Å². The van der Waals surface area contributed by atoms with E-state index in [1.807, 2.05) is 6.07 Å². The van der Waals surface area contributed by atoms with Gasteiger partial charge in [0, 0.05) is 12.7 Å². The molecule has 2 rings (SSSR count). The van der Waals surface area contributed by atoms with Crippen LogP contribution in [-0.2, 0) is 6.54 Å². The highest BCUT2D eigenvalue weighted by Crippen LogP contribution is 2.09. The molecule has 0 unspecified atom stereocenters. The lowest BCUT2D eigenvalue weighted by molar-refractivity contribution is 0.0951. The third kappa shape index (κ3) is 3.07. The molecule has 0 aliphatic rings. The molecule has 0 bridgehead atoms. The summed E-state index contributed by atoms with van der Waals surface area (Å²) in [6, 6.07) is 10.6. The van der Waals surface area contributed by atoms with E-state index in [9.17, 15) is 4.79 Å². The predicted octanol–water partition coefficient (Wildman–Crippen LogP) is 1.47. The monoisotopic (exact) mass is 252 g/mol. The van der Waals surface area contributed by atoms with Crippen LogP contribution in [0.3, 0.4) is 0 Å². The van der Waals surface area contributed by atoms with Crippen LogP contribution in [0, 0.1) is 11.3 Å². The minimum absolute atomic E-state index is 0.246. The molecule has 2 aromatic rings. The Kier molecular flexibility index (Phi) is 3.74. The van der Waals surface area contributed by atoms with Gasteiger partial charge in [-0.3, -0.25) is 9.78 Å². The van der Waals surface area contributed by atoms with Crippen LogP contribution in [0.25, 0.3) is 0 Å². The molecule has 3 N–H and O–H groups in total. The van der Waals surface area contributed by atoms with Crippen molar-refractivity contribution in [3.05, 3.63) is 59.4 Å². The molecule has 0 aliphatic carbocycles. The molecular weight excluding hydrogens is 240 g/mol. The molecule has 0 radical (unpaired) electrons. The quantitative estimate of drug-likeness (QED) is 0.865. The standard InChI is InChI=1S/C14H12N4O/c15-7-10-1-3-11(4-2-10)8-18-14(19)12-5-6-17-9-13(12)16/h1-6,9H,8,16H2,(H,18,19). The maximum Gasteiger partial charge on any atom is 0.253 e. The van der Waals surface area contributed by atoms with Crippen molar-refractivity contribution in [2.24, 2.45) is 0 Å². The summed E-state index contributed by atoms with van der Waals surface area (Å²) in [5, 5.41) is 11.5. The van der Waals surface area contributed by atoms with E-state index in [1.165, 1.54) is 12.4 Å². The van der Waals surface area contributed by atoms with E-state index in [4.69, 9.17) is 11.0 Å². The van der Waals surface area contributed by atoms with Gasteiger partial charge in [-0.25, -0.2) is 0 Å². The molecule has 5 nitrogen and oxygen atoms in total. The van der Waals surface area contributed by atoms with E-state index >= 15 is 0 Å². The van der Waals surface area contributed by atoms with Gasteiger partial charge in [-0.2, -0.15) is 5.26 Å². The maximum atomic E-state index is 11.9. The number of benzene rings is 1. The maximum absolute atomic E-state index is 11.9. The average Bonchev–Trinajstić information content (AvgIpc) is 2.46. The number of amides is 1. The number of nitrogen functional groups attached to an aromatic ring is 1. The second-order valence-electron chi connectivity index (χ2n) is 3.95. The Morgan fingerprint density at radius 3 is 2.68 bits per heavy atom. The normalized spacial score (nSPS) is 9.63. The predicted molar refractivity (Wildman–Crippen MR) is 71.0 cm³/mol. The summed E-state index contributed by atoms with van der Waals surface area (Å²) in [5.41, 5.74) is 7.93. The highest BCUT2D eigenvalue weighted by Gasteiger charge is 2.08. The number of aromatic nitrogens is 1. The van der Waals surface area contributed by atoms with Gasteiger partial charge < -0.3 is 11.1 Å². The third-order valence-electron chi connectivity index (χ3n) is 2.63. The average molecular weight is 252 g/mol. The number of carbonyl (C=O) groups is 1.